The third-order valence-electron chi connectivity index (χ3n) is 4.26. The van der Waals surface area contributed by atoms with Crippen molar-refractivity contribution >= 4 is 9.84 Å². The van der Waals surface area contributed by atoms with Crippen LogP contribution >= 0.6 is 0 Å². The summed E-state index contributed by atoms with van der Waals surface area (Å²) in [5.41, 5.74) is 0. The molecule has 0 bridgehead atoms. The smallest absolute Gasteiger partial charge is 0.156 e. The van der Waals surface area contributed by atoms with Crippen LogP contribution < -0.4 is 5.32 Å². The molecule has 1 aliphatic heterocycles. The van der Waals surface area contributed by atoms with Gasteiger partial charge in [-0.1, -0.05) is 6.92 Å². The standard InChI is InChI=1S/C12H23NO3S/c1-9-11(13-2)5-6-12(9)17(14,15)8-10-4-3-7-16-10/h9-13H,3-8H2,1-2H3. The zero-order valence-electron chi connectivity index (χ0n) is 10.7. The van der Waals surface area contributed by atoms with Crippen molar-refractivity contribution in [3.8, 4) is 0 Å². The molecule has 0 aromatic carbocycles. The van der Waals surface area contributed by atoms with Gasteiger partial charge in [-0.25, -0.2) is 8.42 Å². The molecule has 1 aliphatic carbocycles. The highest BCUT2D eigenvalue weighted by Crippen LogP contribution is 2.32. The SMILES string of the molecule is CNC1CCC(S(=O)(=O)CC2CCCO2)C1C. The summed E-state index contributed by atoms with van der Waals surface area (Å²) in [4.78, 5) is 0. The maximum atomic E-state index is 12.4. The van der Waals surface area contributed by atoms with Crippen molar-refractivity contribution in [3.63, 3.8) is 0 Å². The van der Waals surface area contributed by atoms with Gasteiger partial charge in [-0.15, -0.1) is 0 Å². The summed E-state index contributed by atoms with van der Waals surface area (Å²) >= 11 is 0. The molecule has 1 heterocycles. The van der Waals surface area contributed by atoms with E-state index in [-0.39, 0.29) is 23.0 Å². The lowest BCUT2D eigenvalue weighted by atomic mass is 10.1. The highest BCUT2D eigenvalue weighted by Gasteiger charge is 2.41. The summed E-state index contributed by atoms with van der Waals surface area (Å²) in [7, 11) is -1.09. The molecule has 2 rings (SSSR count). The first-order valence-corrected chi connectivity index (χ1v) is 8.26. The van der Waals surface area contributed by atoms with Crippen LogP contribution in [0.2, 0.25) is 0 Å². The average molecular weight is 261 g/mol. The zero-order chi connectivity index (χ0) is 12.5. The van der Waals surface area contributed by atoms with E-state index in [9.17, 15) is 8.42 Å². The van der Waals surface area contributed by atoms with Gasteiger partial charge in [0.15, 0.2) is 9.84 Å². The molecule has 0 spiro atoms. The van der Waals surface area contributed by atoms with Crippen LogP contribution in [0.5, 0.6) is 0 Å². The fourth-order valence-corrected chi connectivity index (χ4v) is 5.57. The van der Waals surface area contributed by atoms with Gasteiger partial charge in [0.1, 0.15) is 0 Å². The fraction of sp³-hybridized carbons (Fsp3) is 1.00. The molecule has 1 N–H and O–H groups in total. The molecular weight excluding hydrogens is 238 g/mol. The van der Waals surface area contributed by atoms with Crippen LogP contribution in [-0.4, -0.2) is 45.2 Å². The van der Waals surface area contributed by atoms with Gasteiger partial charge in [-0.05, 0) is 38.6 Å². The summed E-state index contributed by atoms with van der Waals surface area (Å²) in [5, 5.41) is 3.04. The van der Waals surface area contributed by atoms with E-state index in [1.165, 1.54) is 0 Å². The highest BCUT2D eigenvalue weighted by molar-refractivity contribution is 7.92. The summed E-state index contributed by atoms with van der Waals surface area (Å²) in [6.07, 6.45) is 3.60. The first-order valence-electron chi connectivity index (χ1n) is 6.55. The Kier molecular flexibility index (Phi) is 4.10. The molecular formula is C12H23NO3S. The summed E-state index contributed by atoms with van der Waals surface area (Å²) in [5.74, 6) is 0.435. The molecule has 0 amide bonds. The molecule has 0 radical (unpaired) electrons. The van der Waals surface area contributed by atoms with Crippen LogP contribution in [-0.2, 0) is 14.6 Å². The number of ether oxygens (including phenoxy) is 1. The van der Waals surface area contributed by atoms with Crippen molar-refractivity contribution in [1.29, 1.82) is 0 Å². The Morgan fingerprint density at radius 1 is 1.29 bits per heavy atom. The predicted octanol–water partition coefficient (Wildman–Crippen LogP) is 0.967. The topological polar surface area (TPSA) is 55.4 Å². The quantitative estimate of drug-likeness (QED) is 0.819. The van der Waals surface area contributed by atoms with Crippen molar-refractivity contribution in [2.75, 3.05) is 19.4 Å². The first-order chi connectivity index (χ1) is 8.04. The highest BCUT2D eigenvalue weighted by atomic mass is 32.2. The van der Waals surface area contributed by atoms with E-state index in [0.29, 0.717) is 6.04 Å². The van der Waals surface area contributed by atoms with E-state index in [0.717, 1.165) is 32.3 Å². The molecule has 5 heteroatoms. The fourth-order valence-electron chi connectivity index (χ4n) is 3.20. The van der Waals surface area contributed by atoms with Gasteiger partial charge < -0.3 is 10.1 Å². The van der Waals surface area contributed by atoms with E-state index in [2.05, 4.69) is 5.32 Å². The lowest BCUT2D eigenvalue weighted by Gasteiger charge is -2.21. The predicted molar refractivity (Wildman–Crippen MR) is 67.8 cm³/mol. The minimum Gasteiger partial charge on any atom is -0.377 e. The van der Waals surface area contributed by atoms with Crippen LogP contribution in [0.4, 0.5) is 0 Å². The Labute approximate surface area is 104 Å². The van der Waals surface area contributed by atoms with Gasteiger partial charge in [0.05, 0.1) is 17.1 Å². The lowest BCUT2D eigenvalue weighted by molar-refractivity contribution is 0.127. The molecule has 4 atom stereocenters. The monoisotopic (exact) mass is 261 g/mol. The van der Waals surface area contributed by atoms with Gasteiger partial charge in [0.2, 0.25) is 0 Å². The second kappa shape index (κ2) is 5.24. The summed E-state index contributed by atoms with van der Waals surface area (Å²) in [6, 6.07) is 0.347. The van der Waals surface area contributed by atoms with Crippen LogP contribution in [0.1, 0.15) is 32.6 Å². The van der Waals surface area contributed by atoms with Gasteiger partial charge in [0, 0.05) is 12.6 Å². The largest absolute Gasteiger partial charge is 0.377 e. The van der Waals surface area contributed by atoms with Crippen LogP contribution in [0.3, 0.4) is 0 Å². The zero-order valence-corrected chi connectivity index (χ0v) is 11.5. The van der Waals surface area contributed by atoms with E-state index < -0.39 is 9.84 Å². The second-order valence-corrected chi connectivity index (χ2v) is 7.60. The van der Waals surface area contributed by atoms with Gasteiger partial charge in [0.25, 0.3) is 0 Å². The Morgan fingerprint density at radius 2 is 2.06 bits per heavy atom. The number of nitrogens with one attached hydrogen (secondary N) is 1. The summed E-state index contributed by atoms with van der Waals surface area (Å²) in [6.45, 7) is 2.77. The minimum atomic E-state index is -3.00. The molecule has 1 saturated heterocycles. The minimum absolute atomic E-state index is 0.0548. The van der Waals surface area contributed by atoms with Crippen molar-refractivity contribution in [1.82, 2.24) is 5.32 Å². The molecule has 0 aromatic heterocycles. The maximum absolute atomic E-state index is 12.4. The van der Waals surface area contributed by atoms with Crippen LogP contribution in [0.15, 0.2) is 0 Å². The molecule has 100 valence electrons. The van der Waals surface area contributed by atoms with Crippen molar-refractivity contribution < 1.29 is 13.2 Å². The molecule has 2 aliphatic rings. The molecule has 0 aromatic rings. The Hall–Kier alpha value is -0.130. The number of sulfone groups is 1. The molecule has 1 saturated carbocycles. The van der Waals surface area contributed by atoms with Crippen molar-refractivity contribution in [2.24, 2.45) is 5.92 Å². The van der Waals surface area contributed by atoms with Gasteiger partial charge in [-0.2, -0.15) is 0 Å². The molecule has 4 unspecified atom stereocenters. The first kappa shape index (κ1) is 13.3. The Balaban J connectivity index is 2.00. The Morgan fingerprint density at radius 3 is 2.59 bits per heavy atom. The normalized spacial score (nSPS) is 38.7. The molecule has 2 fully saturated rings. The van der Waals surface area contributed by atoms with E-state index in [4.69, 9.17) is 4.74 Å². The van der Waals surface area contributed by atoms with Crippen LogP contribution in [0, 0.1) is 5.92 Å². The maximum Gasteiger partial charge on any atom is 0.156 e. The van der Waals surface area contributed by atoms with E-state index >= 15 is 0 Å². The second-order valence-electron chi connectivity index (χ2n) is 5.33. The molecule has 17 heavy (non-hydrogen) atoms. The van der Waals surface area contributed by atoms with Gasteiger partial charge >= 0.3 is 0 Å². The number of rotatable bonds is 4. The number of hydrogen-bond acceptors (Lipinski definition) is 4. The average Bonchev–Trinajstić information content (AvgIpc) is 2.86. The Bertz CT molecular complexity index is 349. The lowest BCUT2D eigenvalue weighted by Crippen LogP contribution is -2.37. The molecule has 4 nitrogen and oxygen atoms in total. The summed E-state index contributed by atoms with van der Waals surface area (Å²) < 4.78 is 30.1. The van der Waals surface area contributed by atoms with E-state index in [1.54, 1.807) is 0 Å². The van der Waals surface area contributed by atoms with Crippen molar-refractivity contribution in [2.45, 2.75) is 50.0 Å². The number of hydrogen-bond donors (Lipinski definition) is 1. The van der Waals surface area contributed by atoms with Crippen LogP contribution in [0.25, 0.3) is 0 Å². The van der Waals surface area contributed by atoms with Crippen molar-refractivity contribution in [3.05, 3.63) is 0 Å². The van der Waals surface area contributed by atoms with E-state index in [1.807, 2.05) is 14.0 Å². The third-order valence-corrected chi connectivity index (χ3v) is 6.68. The van der Waals surface area contributed by atoms with Gasteiger partial charge in [-0.3, -0.25) is 0 Å². The third kappa shape index (κ3) is 2.83.